The molecule has 20 heavy (non-hydrogen) atoms. The van der Waals surface area contributed by atoms with Gasteiger partial charge in [0, 0.05) is 18.4 Å². The van der Waals surface area contributed by atoms with Crippen molar-refractivity contribution in [3.8, 4) is 11.4 Å². The zero-order chi connectivity index (χ0) is 13.9. The van der Waals surface area contributed by atoms with Crippen molar-refractivity contribution in [2.24, 2.45) is 5.92 Å². The molecule has 2 aromatic rings. The van der Waals surface area contributed by atoms with Gasteiger partial charge in [0.2, 0.25) is 0 Å². The molecule has 1 N–H and O–H groups in total. The Balaban J connectivity index is 1.74. The van der Waals surface area contributed by atoms with Crippen molar-refractivity contribution < 1.29 is 0 Å². The summed E-state index contributed by atoms with van der Waals surface area (Å²) in [6.45, 7) is 4.37. The fraction of sp³-hybridized carbons (Fsp3) is 0.533. The SMILES string of the molecule is Cc1cc(-c2cncc(C[C@@H]3CCCN(C)C3)n2)n[nH]1. The van der Waals surface area contributed by atoms with E-state index in [1.54, 1.807) is 6.20 Å². The molecule has 1 aliphatic rings. The topological polar surface area (TPSA) is 57.7 Å². The molecule has 0 aliphatic carbocycles. The lowest BCUT2D eigenvalue weighted by molar-refractivity contribution is 0.208. The Morgan fingerprint density at radius 3 is 3.00 bits per heavy atom. The first-order chi connectivity index (χ1) is 9.70. The van der Waals surface area contributed by atoms with Crippen LogP contribution in [0.2, 0.25) is 0 Å². The molecule has 1 fully saturated rings. The van der Waals surface area contributed by atoms with Crippen LogP contribution in [0.3, 0.4) is 0 Å². The van der Waals surface area contributed by atoms with Gasteiger partial charge in [-0.3, -0.25) is 10.1 Å². The van der Waals surface area contributed by atoms with Gasteiger partial charge in [0.05, 0.1) is 11.9 Å². The molecule has 0 bridgehead atoms. The Bertz CT molecular complexity index is 577. The van der Waals surface area contributed by atoms with Gasteiger partial charge in [-0.1, -0.05) is 0 Å². The lowest BCUT2D eigenvalue weighted by atomic mass is 9.94. The van der Waals surface area contributed by atoms with Crippen molar-refractivity contribution >= 4 is 0 Å². The third kappa shape index (κ3) is 3.04. The van der Waals surface area contributed by atoms with E-state index in [4.69, 9.17) is 4.98 Å². The highest BCUT2D eigenvalue weighted by Crippen LogP contribution is 2.20. The summed E-state index contributed by atoms with van der Waals surface area (Å²) in [5, 5.41) is 7.20. The number of aromatic amines is 1. The quantitative estimate of drug-likeness (QED) is 0.928. The first-order valence-corrected chi connectivity index (χ1v) is 7.22. The number of nitrogens with one attached hydrogen (secondary N) is 1. The summed E-state index contributed by atoms with van der Waals surface area (Å²) in [7, 11) is 2.20. The summed E-state index contributed by atoms with van der Waals surface area (Å²) in [5.41, 5.74) is 3.85. The van der Waals surface area contributed by atoms with Crippen LogP contribution in [0.1, 0.15) is 24.2 Å². The number of hydrogen-bond donors (Lipinski definition) is 1. The van der Waals surface area contributed by atoms with Gasteiger partial charge < -0.3 is 4.90 Å². The monoisotopic (exact) mass is 271 g/mol. The zero-order valence-electron chi connectivity index (χ0n) is 12.1. The van der Waals surface area contributed by atoms with E-state index in [2.05, 4.69) is 27.1 Å². The normalized spacial score (nSPS) is 20.2. The van der Waals surface area contributed by atoms with Gasteiger partial charge in [-0.25, -0.2) is 4.98 Å². The molecule has 106 valence electrons. The Labute approximate surface area is 119 Å². The predicted molar refractivity (Wildman–Crippen MR) is 78.3 cm³/mol. The Hall–Kier alpha value is -1.75. The molecule has 1 atom stereocenters. The van der Waals surface area contributed by atoms with Gasteiger partial charge in [0.15, 0.2) is 0 Å². The zero-order valence-corrected chi connectivity index (χ0v) is 12.1. The second-order valence-corrected chi connectivity index (χ2v) is 5.81. The summed E-state index contributed by atoms with van der Waals surface area (Å²) in [6, 6.07) is 2.00. The van der Waals surface area contributed by atoms with Gasteiger partial charge in [-0.2, -0.15) is 5.10 Å². The van der Waals surface area contributed by atoms with Gasteiger partial charge in [0.25, 0.3) is 0 Å². The van der Waals surface area contributed by atoms with Crippen LogP contribution in [-0.2, 0) is 6.42 Å². The van der Waals surface area contributed by atoms with E-state index in [9.17, 15) is 0 Å². The van der Waals surface area contributed by atoms with Gasteiger partial charge in [0.1, 0.15) is 11.4 Å². The fourth-order valence-electron chi connectivity index (χ4n) is 2.91. The molecule has 3 heterocycles. The molecule has 0 unspecified atom stereocenters. The van der Waals surface area contributed by atoms with Crippen molar-refractivity contribution in [1.82, 2.24) is 25.1 Å². The fourth-order valence-corrected chi connectivity index (χ4v) is 2.91. The molecule has 0 aromatic carbocycles. The summed E-state index contributed by atoms with van der Waals surface area (Å²) >= 11 is 0. The van der Waals surface area contributed by atoms with Crippen LogP contribution in [0.15, 0.2) is 18.5 Å². The molecule has 2 aromatic heterocycles. The van der Waals surface area contributed by atoms with Crippen molar-refractivity contribution in [2.75, 3.05) is 20.1 Å². The molecular weight excluding hydrogens is 250 g/mol. The second-order valence-electron chi connectivity index (χ2n) is 5.81. The summed E-state index contributed by atoms with van der Waals surface area (Å²) in [6.07, 6.45) is 7.25. The first kappa shape index (κ1) is 13.2. The van der Waals surface area contributed by atoms with Crippen LogP contribution >= 0.6 is 0 Å². The van der Waals surface area contributed by atoms with Crippen molar-refractivity contribution in [3.63, 3.8) is 0 Å². The third-order valence-corrected chi connectivity index (χ3v) is 3.87. The summed E-state index contributed by atoms with van der Waals surface area (Å²) < 4.78 is 0. The standard InChI is InChI=1S/C15H21N5/c1-11-6-14(19-18-11)15-9-16-8-13(17-15)7-12-4-3-5-20(2)10-12/h6,8-9,12H,3-5,7,10H2,1-2H3,(H,18,19)/t12-/m0/s1. The van der Waals surface area contributed by atoms with Crippen LogP contribution in [0.4, 0.5) is 0 Å². The molecule has 1 aliphatic heterocycles. The number of rotatable bonds is 3. The van der Waals surface area contributed by atoms with E-state index in [-0.39, 0.29) is 0 Å². The minimum absolute atomic E-state index is 0.694. The molecule has 0 saturated carbocycles. The van der Waals surface area contributed by atoms with Crippen LogP contribution in [0.25, 0.3) is 11.4 Å². The maximum Gasteiger partial charge on any atom is 0.112 e. The highest BCUT2D eigenvalue weighted by molar-refractivity contribution is 5.52. The lowest BCUT2D eigenvalue weighted by Crippen LogP contribution is -2.33. The number of aromatic nitrogens is 4. The Morgan fingerprint density at radius 1 is 1.35 bits per heavy atom. The average molecular weight is 271 g/mol. The van der Waals surface area contributed by atoms with Gasteiger partial charge >= 0.3 is 0 Å². The van der Waals surface area contributed by atoms with Crippen LogP contribution in [-0.4, -0.2) is 45.2 Å². The Morgan fingerprint density at radius 2 is 2.25 bits per heavy atom. The largest absolute Gasteiger partial charge is 0.306 e. The number of likely N-dealkylation sites (tertiary alicyclic amines) is 1. The van der Waals surface area contributed by atoms with E-state index in [1.807, 2.05) is 19.2 Å². The lowest BCUT2D eigenvalue weighted by Gasteiger charge is -2.29. The number of H-pyrrole nitrogens is 1. The first-order valence-electron chi connectivity index (χ1n) is 7.22. The van der Waals surface area contributed by atoms with Crippen molar-refractivity contribution in [1.29, 1.82) is 0 Å². The Kier molecular flexibility index (Phi) is 3.78. The number of piperidine rings is 1. The van der Waals surface area contributed by atoms with E-state index in [0.29, 0.717) is 5.92 Å². The van der Waals surface area contributed by atoms with Crippen molar-refractivity contribution in [3.05, 3.63) is 29.8 Å². The number of nitrogens with zero attached hydrogens (tertiary/aromatic N) is 4. The summed E-state index contributed by atoms with van der Waals surface area (Å²) in [4.78, 5) is 11.4. The average Bonchev–Trinajstić information content (AvgIpc) is 2.86. The molecule has 5 heteroatoms. The van der Waals surface area contributed by atoms with Gasteiger partial charge in [-0.15, -0.1) is 0 Å². The van der Waals surface area contributed by atoms with Crippen LogP contribution < -0.4 is 0 Å². The molecule has 0 spiro atoms. The maximum atomic E-state index is 4.71. The minimum atomic E-state index is 0.694. The van der Waals surface area contributed by atoms with E-state index in [1.165, 1.54) is 19.4 Å². The highest BCUT2D eigenvalue weighted by Gasteiger charge is 2.18. The van der Waals surface area contributed by atoms with E-state index >= 15 is 0 Å². The third-order valence-electron chi connectivity index (χ3n) is 3.87. The molecule has 1 saturated heterocycles. The molecule has 0 amide bonds. The molecule has 0 radical (unpaired) electrons. The van der Waals surface area contributed by atoms with E-state index in [0.717, 1.165) is 35.7 Å². The predicted octanol–water partition coefficient (Wildman–Crippen LogP) is 2.06. The second kappa shape index (κ2) is 5.71. The van der Waals surface area contributed by atoms with Crippen LogP contribution in [0.5, 0.6) is 0 Å². The highest BCUT2D eigenvalue weighted by atomic mass is 15.1. The molecule has 3 rings (SSSR count). The molecule has 5 nitrogen and oxygen atoms in total. The minimum Gasteiger partial charge on any atom is -0.306 e. The molecular formula is C15H21N5. The van der Waals surface area contributed by atoms with E-state index < -0.39 is 0 Å². The summed E-state index contributed by atoms with van der Waals surface area (Å²) in [5.74, 6) is 0.694. The maximum absolute atomic E-state index is 4.71. The number of hydrogen-bond acceptors (Lipinski definition) is 4. The van der Waals surface area contributed by atoms with Gasteiger partial charge in [-0.05, 0) is 51.8 Å². The van der Waals surface area contributed by atoms with Crippen molar-refractivity contribution in [2.45, 2.75) is 26.2 Å². The number of aryl methyl sites for hydroxylation is 1. The smallest absolute Gasteiger partial charge is 0.112 e. The van der Waals surface area contributed by atoms with Crippen LogP contribution in [0, 0.1) is 12.8 Å².